The quantitative estimate of drug-likeness (QED) is 0.850. The molecule has 0 saturated carbocycles. The van der Waals surface area contributed by atoms with Gasteiger partial charge >= 0.3 is 0 Å². The fourth-order valence-electron chi connectivity index (χ4n) is 2.45. The van der Waals surface area contributed by atoms with Crippen LogP contribution in [0.4, 0.5) is 10.2 Å². The standard InChI is InChI=1S/C14H18FN3O2S/c1-3-21(19,20)13-5-4-12(15)14(17-13)18-7-6-11(9-18)10(2)8-16/h4-5,10-11H,3,6-7,9H2,1-2H3. The van der Waals surface area contributed by atoms with Crippen LogP contribution in [-0.4, -0.2) is 32.2 Å². The molecule has 1 fully saturated rings. The maximum Gasteiger partial charge on any atom is 0.195 e. The van der Waals surface area contributed by atoms with E-state index in [2.05, 4.69) is 11.1 Å². The molecule has 0 N–H and O–H groups in total. The van der Waals surface area contributed by atoms with Gasteiger partial charge in [-0.1, -0.05) is 6.92 Å². The highest BCUT2D eigenvalue weighted by Gasteiger charge is 2.30. The van der Waals surface area contributed by atoms with E-state index in [1.165, 1.54) is 13.0 Å². The van der Waals surface area contributed by atoms with Crippen molar-refractivity contribution in [3.8, 4) is 6.07 Å². The Labute approximate surface area is 124 Å². The third kappa shape index (κ3) is 3.16. The zero-order chi connectivity index (χ0) is 15.6. The van der Waals surface area contributed by atoms with Gasteiger partial charge in [0.05, 0.1) is 11.8 Å². The van der Waals surface area contributed by atoms with Gasteiger partial charge in [0.1, 0.15) is 0 Å². The number of nitrogens with zero attached hydrogens (tertiary/aromatic N) is 3. The van der Waals surface area contributed by atoms with Crippen LogP contribution in [0.15, 0.2) is 17.2 Å². The molecule has 7 heteroatoms. The van der Waals surface area contributed by atoms with Crippen molar-refractivity contribution < 1.29 is 12.8 Å². The van der Waals surface area contributed by atoms with E-state index in [-0.39, 0.29) is 28.4 Å². The molecule has 2 atom stereocenters. The van der Waals surface area contributed by atoms with Gasteiger partial charge in [-0.3, -0.25) is 0 Å². The lowest BCUT2D eigenvalue weighted by atomic mass is 9.95. The Kier molecular flexibility index (Phi) is 4.47. The Balaban J connectivity index is 2.29. The fourth-order valence-corrected chi connectivity index (χ4v) is 3.25. The van der Waals surface area contributed by atoms with Crippen molar-refractivity contribution in [1.29, 1.82) is 5.26 Å². The van der Waals surface area contributed by atoms with Crippen LogP contribution in [0.1, 0.15) is 20.3 Å². The summed E-state index contributed by atoms with van der Waals surface area (Å²) in [5.74, 6) is -0.491. The van der Waals surface area contributed by atoms with Crippen LogP contribution in [0.3, 0.4) is 0 Å². The number of anilines is 1. The SMILES string of the molecule is CCS(=O)(=O)c1ccc(F)c(N2CCC(C(C)C#N)C2)n1. The summed E-state index contributed by atoms with van der Waals surface area (Å²) < 4.78 is 37.7. The highest BCUT2D eigenvalue weighted by Crippen LogP contribution is 2.29. The van der Waals surface area contributed by atoms with Crippen LogP contribution < -0.4 is 4.90 Å². The Morgan fingerprint density at radius 1 is 1.57 bits per heavy atom. The van der Waals surface area contributed by atoms with Crippen LogP contribution in [0.5, 0.6) is 0 Å². The molecule has 0 aromatic carbocycles. The molecule has 2 rings (SSSR count). The Bertz CT molecular complexity index is 669. The lowest BCUT2D eigenvalue weighted by Gasteiger charge is -2.19. The van der Waals surface area contributed by atoms with Gasteiger partial charge in [0.15, 0.2) is 26.5 Å². The number of pyridine rings is 1. The first kappa shape index (κ1) is 15.7. The molecule has 1 aromatic rings. The van der Waals surface area contributed by atoms with E-state index < -0.39 is 15.7 Å². The highest BCUT2D eigenvalue weighted by atomic mass is 32.2. The van der Waals surface area contributed by atoms with Crippen molar-refractivity contribution in [3.05, 3.63) is 17.9 Å². The first-order valence-corrected chi connectivity index (χ1v) is 8.58. The van der Waals surface area contributed by atoms with Crippen LogP contribution in [0.25, 0.3) is 0 Å². The fraction of sp³-hybridized carbons (Fsp3) is 0.571. The lowest BCUT2D eigenvalue weighted by molar-refractivity contribution is 0.472. The molecule has 2 heterocycles. The molecule has 1 aliphatic heterocycles. The predicted molar refractivity (Wildman–Crippen MR) is 77.0 cm³/mol. The summed E-state index contributed by atoms with van der Waals surface area (Å²) >= 11 is 0. The van der Waals surface area contributed by atoms with Crippen molar-refractivity contribution in [1.82, 2.24) is 4.98 Å². The Morgan fingerprint density at radius 3 is 2.90 bits per heavy atom. The van der Waals surface area contributed by atoms with Gasteiger partial charge in [0.2, 0.25) is 0 Å². The molecule has 5 nitrogen and oxygen atoms in total. The average molecular weight is 311 g/mol. The lowest BCUT2D eigenvalue weighted by Crippen LogP contribution is -2.24. The number of aromatic nitrogens is 1. The minimum absolute atomic E-state index is 0.0668. The van der Waals surface area contributed by atoms with Gasteiger partial charge in [0.25, 0.3) is 0 Å². The second kappa shape index (κ2) is 5.98. The van der Waals surface area contributed by atoms with Gasteiger partial charge in [0, 0.05) is 19.0 Å². The maximum absolute atomic E-state index is 14.0. The average Bonchev–Trinajstić information content (AvgIpc) is 2.96. The van der Waals surface area contributed by atoms with Gasteiger partial charge in [-0.25, -0.2) is 17.8 Å². The summed E-state index contributed by atoms with van der Waals surface area (Å²) in [7, 11) is -3.46. The van der Waals surface area contributed by atoms with Gasteiger partial charge in [-0.2, -0.15) is 5.26 Å². The molecule has 1 saturated heterocycles. The third-order valence-electron chi connectivity index (χ3n) is 3.94. The third-order valence-corrected chi connectivity index (χ3v) is 5.56. The van der Waals surface area contributed by atoms with Crippen LogP contribution in [-0.2, 0) is 9.84 Å². The molecule has 2 unspecified atom stereocenters. The molecular weight excluding hydrogens is 293 g/mol. The molecule has 0 aliphatic carbocycles. The normalized spacial score (nSPS) is 20.3. The molecule has 1 aliphatic rings. The number of rotatable bonds is 4. The molecular formula is C14H18FN3O2S. The zero-order valence-corrected chi connectivity index (χ0v) is 12.9. The van der Waals surface area contributed by atoms with Crippen molar-refractivity contribution in [2.75, 3.05) is 23.7 Å². The number of hydrogen-bond acceptors (Lipinski definition) is 5. The molecule has 21 heavy (non-hydrogen) atoms. The van der Waals surface area contributed by atoms with Crippen molar-refractivity contribution >= 4 is 15.7 Å². The van der Waals surface area contributed by atoms with E-state index in [9.17, 15) is 12.8 Å². The van der Waals surface area contributed by atoms with E-state index in [1.54, 1.807) is 4.90 Å². The highest BCUT2D eigenvalue weighted by molar-refractivity contribution is 7.91. The second-order valence-electron chi connectivity index (χ2n) is 5.27. The van der Waals surface area contributed by atoms with Crippen LogP contribution in [0.2, 0.25) is 0 Å². The molecule has 114 valence electrons. The molecule has 0 amide bonds. The summed E-state index contributed by atoms with van der Waals surface area (Å²) in [6.45, 7) is 4.47. The predicted octanol–water partition coefficient (Wildman–Crippen LogP) is 2.00. The minimum atomic E-state index is -3.46. The summed E-state index contributed by atoms with van der Waals surface area (Å²) in [6.07, 6.45) is 0.778. The minimum Gasteiger partial charge on any atom is -0.354 e. The van der Waals surface area contributed by atoms with Crippen LogP contribution in [0, 0.1) is 29.0 Å². The first-order chi connectivity index (χ1) is 9.89. The molecule has 0 bridgehead atoms. The van der Waals surface area contributed by atoms with E-state index in [0.29, 0.717) is 13.1 Å². The first-order valence-electron chi connectivity index (χ1n) is 6.93. The summed E-state index contributed by atoms with van der Waals surface area (Å²) in [6, 6.07) is 4.54. The molecule has 0 radical (unpaired) electrons. The smallest absolute Gasteiger partial charge is 0.195 e. The Hall–Kier alpha value is -1.68. The van der Waals surface area contributed by atoms with Crippen molar-refractivity contribution in [2.24, 2.45) is 11.8 Å². The molecule has 0 spiro atoms. The monoisotopic (exact) mass is 311 g/mol. The van der Waals surface area contributed by atoms with E-state index in [0.717, 1.165) is 12.5 Å². The van der Waals surface area contributed by atoms with E-state index in [1.807, 2.05) is 6.92 Å². The topological polar surface area (TPSA) is 74.1 Å². The van der Waals surface area contributed by atoms with E-state index in [4.69, 9.17) is 5.26 Å². The Morgan fingerprint density at radius 2 is 2.29 bits per heavy atom. The van der Waals surface area contributed by atoms with E-state index >= 15 is 0 Å². The maximum atomic E-state index is 14.0. The number of nitriles is 1. The zero-order valence-electron chi connectivity index (χ0n) is 12.1. The van der Waals surface area contributed by atoms with Crippen LogP contribution >= 0.6 is 0 Å². The number of sulfone groups is 1. The van der Waals surface area contributed by atoms with Crippen molar-refractivity contribution in [2.45, 2.75) is 25.3 Å². The summed E-state index contributed by atoms with van der Waals surface area (Å²) in [4.78, 5) is 5.72. The van der Waals surface area contributed by atoms with Crippen molar-refractivity contribution in [3.63, 3.8) is 0 Å². The molecule has 1 aromatic heterocycles. The number of halogens is 1. The van der Waals surface area contributed by atoms with Gasteiger partial charge < -0.3 is 4.90 Å². The largest absolute Gasteiger partial charge is 0.354 e. The summed E-state index contributed by atoms with van der Waals surface area (Å²) in [5, 5.41) is 8.85. The number of hydrogen-bond donors (Lipinski definition) is 0. The van der Waals surface area contributed by atoms with Gasteiger partial charge in [-0.05, 0) is 31.4 Å². The second-order valence-corrected chi connectivity index (χ2v) is 7.50. The van der Waals surface area contributed by atoms with Gasteiger partial charge in [-0.15, -0.1) is 0 Å². The summed E-state index contributed by atoms with van der Waals surface area (Å²) in [5.41, 5.74) is 0.